The van der Waals surface area contributed by atoms with Crippen LogP contribution in [-0.2, 0) is 0 Å². The minimum Gasteiger partial charge on any atom is -0.310 e. The number of halogens is 1. The van der Waals surface area contributed by atoms with Crippen LogP contribution >= 0.6 is 15.9 Å². The molecular formula is C17H26BrN. The van der Waals surface area contributed by atoms with Gasteiger partial charge >= 0.3 is 0 Å². The van der Waals surface area contributed by atoms with Gasteiger partial charge in [0.1, 0.15) is 0 Å². The average Bonchev–Trinajstić information content (AvgIpc) is 2.90. The normalized spacial score (nSPS) is 17.9. The van der Waals surface area contributed by atoms with Gasteiger partial charge in [0.25, 0.3) is 0 Å². The largest absolute Gasteiger partial charge is 0.310 e. The molecule has 1 aromatic rings. The van der Waals surface area contributed by atoms with Crippen LogP contribution in [0.2, 0.25) is 0 Å². The summed E-state index contributed by atoms with van der Waals surface area (Å²) in [7, 11) is 0. The molecule has 2 rings (SSSR count). The lowest BCUT2D eigenvalue weighted by Gasteiger charge is -2.26. The molecule has 1 unspecified atom stereocenters. The first-order valence-corrected chi connectivity index (χ1v) is 8.42. The standard InChI is InChI=1S/C17H26BrN/c1-4-9-19-17(14-7-5-6-8-14)15-10-12(2)16(18)13(3)11-15/h10-11,14,17,19H,4-9H2,1-3H3. The summed E-state index contributed by atoms with van der Waals surface area (Å²) in [5, 5.41) is 3.79. The topological polar surface area (TPSA) is 12.0 Å². The average molecular weight is 324 g/mol. The molecule has 1 N–H and O–H groups in total. The fourth-order valence-electron chi connectivity index (χ4n) is 3.31. The van der Waals surface area contributed by atoms with Crippen molar-refractivity contribution in [3.8, 4) is 0 Å². The van der Waals surface area contributed by atoms with Gasteiger partial charge in [-0.25, -0.2) is 0 Å². The molecule has 106 valence electrons. The second-order valence-corrected chi connectivity index (χ2v) is 6.74. The summed E-state index contributed by atoms with van der Waals surface area (Å²) < 4.78 is 1.26. The number of nitrogens with one attached hydrogen (secondary N) is 1. The fourth-order valence-corrected chi connectivity index (χ4v) is 3.54. The molecule has 0 radical (unpaired) electrons. The summed E-state index contributed by atoms with van der Waals surface area (Å²) in [5.41, 5.74) is 4.20. The van der Waals surface area contributed by atoms with Gasteiger partial charge in [0.15, 0.2) is 0 Å². The molecule has 0 bridgehead atoms. The number of rotatable bonds is 5. The molecule has 1 nitrogen and oxygen atoms in total. The third kappa shape index (κ3) is 3.61. The molecule has 1 aliphatic carbocycles. The second kappa shape index (κ2) is 6.90. The molecule has 1 atom stereocenters. The van der Waals surface area contributed by atoms with E-state index < -0.39 is 0 Å². The third-order valence-corrected chi connectivity index (χ3v) is 5.55. The van der Waals surface area contributed by atoms with Crippen LogP contribution in [0.15, 0.2) is 16.6 Å². The number of hydrogen-bond acceptors (Lipinski definition) is 1. The lowest BCUT2D eigenvalue weighted by Crippen LogP contribution is -2.28. The van der Waals surface area contributed by atoms with E-state index in [0.29, 0.717) is 6.04 Å². The zero-order valence-corrected chi connectivity index (χ0v) is 14.0. The smallest absolute Gasteiger partial charge is 0.0348 e. The maximum Gasteiger partial charge on any atom is 0.0348 e. The van der Waals surface area contributed by atoms with Crippen molar-refractivity contribution < 1.29 is 0 Å². The van der Waals surface area contributed by atoms with E-state index in [2.05, 4.69) is 54.2 Å². The molecule has 0 spiro atoms. The molecule has 1 fully saturated rings. The summed E-state index contributed by atoms with van der Waals surface area (Å²) in [6, 6.07) is 5.28. The quantitative estimate of drug-likeness (QED) is 0.775. The predicted molar refractivity (Wildman–Crippen MR) is 86.6 cm³/mol. The molecule has 19 heavy (non-hydrogen) atoms. The van der Waals surface area contributed by atoms with Gasteiger partial charge in [-0.15, -0.1) is 0 Å². The highest BCUT2D eigenvalue weighted by atomic mass is 79.9. The van der Waals surface area contributed by atoms with Crippen LogP contribution in [-0.4, -0.2) is 6.54 Å². The Hall–Kier alpha value is -0.340. The van der Waals surface area contributed by atoms with E-state index in [0.717, 1.165) is 12.5 Å². The van der Waals surface area contributed by atoms with E-state index >= 15 is 0 Å². The number of benzene rings is 1. The lowest BCUT2D eigenvalue weighted by atomic mass is 9.90. The summed E-state index contributed by atoms with van der Waals surface area (Å²) in [6.45, 7) is 7.77. The van der Waals surface area contributed by atoms with Gasteiger partial charge in [0.2, 0.25) is 0 Å². The second-order valence-electron chi connectivity index (χ2n) is 5.95. The van der Waals surface area contributed by atoms with Crippen molar-refractivity contribution in [1.82, 2.24) is 5.32 Å². The van der Waals surface area contributed by atoms with Crippen LogP contribution in [0.4, 0.5) is 0 Å². The van der Waals surface area contributed by atoms with E-state index in [9.17, 15) is 0 Å². The van der Waals surface area contributed by atoms with Gasteiger partial charge in [0, 0.05) is 10.5 Å². The molecule has 0 heterocycles. The molecule has 0 aliphatic heterocycles. The summed E-state index contributed by atoms with van der Waals surface area (Å²) in [5.74, 6) is 0.825. The monoisotopic (exact) mass is 323 g/mol. The van der Waals surface area contributed by atoms with Gasteiger partial charge in [-0.3, -0.25) is 0 Å². The van der Waals surface area contributed by atoms with Gasteiger partial charge in [0.05, 0.1) is 0 Å². The molecule has 1 aliphatic rings. The van der Waals surface area contributed by atoms with E-state index in [1.807, 2.05) is 0 Å². The highest BCUT2D eigenvalue weighted by molar-refractivity contribution is 9.10. The van der Waals surface area contributed by atoms with E-state index in [1.165, 1.54) is 53.3 Å². The minimum absolute atomic E-state index is 0.549. The summed E-state index contributed by atoms with van der Waals surface area (Å²) >= 11 is 3.68. The Bertz CT molecular complexity index is 398. The molecule has 1 aromatic carbocycles. The summed E-state index contributed by atoms with van der Waals surface area (Å²) in [6.07, 6.45) is 6.79. The van der Waals surface area contributed by atoms with Crippen molar-refractivity contribution in [2.75, 3.05) is 6.54 Å². The maximum absolute atomic E-state index is 3.79. The van der Waals surface area contributed by atoms with Crippen molar-refractivity contribution in [2.45, 2.75) is 58.9 Å². The van der Waals surface area contributed by atoms with E-state index in [-0.39, 0.29) is 0 Å². The van der Waals surface area contributed by atoms with Crippen LogP contribution in [0.5, 0.6) is 0 Å². The fraction of sp³-hybridized carbons (Fsp3) is 0.647. The minimum atomic E-state index is 0.549. The molecule has 0 aromatic heterocycles. The van der Waals surface area contributed by atoms with Gasteiger partial charge in [-0.1, -0.05) is 47.8 Å². The molecule has 2 heteroatoms. The van der Waals surface area contributed by atoms with Crippen LogP contribution in [0.25, 0.3) is 0 Å². The Balaban J connectivity index is 2.26. The number of hydrogen-bond donors (Lipinski definition) is 1. The first-order valence-electron chi connectivity index (χ1n) is 7.63. The Kier molecular flexibility index (Phi) is 5.47. The Morgan fingerprint density at radius 1 is 1.21 bits per heavy atom. The van der Waals surface area contributed by atoms with Crippen molar-refractivity contribution in [2.24, 2.45) is 5.92 Å². The van der Waals surface area contributed by atoms with Crippen LogP contribution < -0.4 is 5.32 Å². The highest BCUT2D eigenvalue weighted by Crippen LogP contribution is 2.37. The zero-order chi connectivity index (χ0) is 13.8. The Morgan fingerprint density at radius 2 is 1.79 bits per heavy atom. The SMILES string of the molecule is CCCNC(c1cc(C)c(Br)c(C)c1)C1CCCC1. The Labute approximate surface area is 126 Å². The Morgan fingerprint density at radius 3 is 2.32 bits per heavy atom. The summed E-state index contributed by atoms with van der Waals surface area (Å²) in [4.78, 5) is 0. The van der Waals surface area contributed by atoms with Crippen molar-refractivity contribution >= 4 is 15.9 Å². The van der Waals surface area contributed by atoms with Crippen molar-refractivity contribution in [3.05, 3.63) is 33.3 Å². The first-order chi connectivity index (χ1) is 9.13. The lowest BCUT2D eigenvalue weighted by molar-refractivity contribution is 0.368. The first kappa shape index (κ1) is 15.1. The molecule has 0 amide bonds. The zero-order valence-electron chi connectivity index (χ0n) is 12.4. The van der Waals surface area contributed by atoms with Gasteiger partial charge in [-0.2, -0.15) is 0 Å². The molecule has 1 saturated carbocycles. The van der Waals surface area contributed by atoms with Crippen LogP contribution in [0.1, 0.15) is 61.8 Å². The van der Waals surface area contributed by atoms with Crippen molar-refractivity contribution in [1.29, 1.82) is 0 Å². The van der Waals surface area contributed by atoms with Gasteiger partial charge < -0.3 is 5.32 Å². The maximum atomic E-state index is 3.79. The van der Waals surface area contributed by atoms with Crippen molar-refractivity contribution in [3.63, 3.8) is 0 Å². The predicted octanol–water partition coefficient (Wildman–Crippen LogP) is 5.30. The third-order valence-electron chi connectivity index (χ3n) is 4.30. The van der Waals surface area contributed by atoms with Gasteiger partial charge in [-0.05, 0) is 62.3 Å². The van der Waals surface area contributed by atoms with Crippen LogP contribution in [0.3, 0.4) is 0 Å². The van der Waals surface area contributed by atoms with Crippen LogP contribution in [0, 0.1) is 19.8 Å². The van der Waals surface area contributed by atoms with E-state index in [4.69, 9.17) is 0 Å². The molecular weight excluding hydrogens is 298 g/mol. The molecule has 0 saturated heterocycles. The van der Waals surface area contributed by atoms with E-state index in [1.54, 1.807) is 0 Å². The number of aryl methyl sites for hydroxylation is 2. The highest BCUT2D eigenvalue weighted by Gasteiger charge is 2.26.